The summed E-state index contributed by atoms with van der Waals surface area (Å²) in [6.07, 6.45) is 1.87. The van der Waals surface area contributed by atoms with Gasteiger partial charge in [-0.2, -0.15) is 5.10 Å². The van der Waals surface area contributed by atoms with Crippen molar-refractivity contribution in [2.75, 3.05) is 6.54 Å². The molecule has 0 aliphatic rings. The number of carbonyl (C=O) groups is 1. The summed E-state index contributed by atoms with van der Waals surface area (Å²) in [5, 5.41) is 13.1. The fourth-order valence-corrected chi connectivity index (χ4v) is 4.10. The van der Waals surface area contributed by atoms with Gasteiger partial charge in [0.1, 0.15) is 0 Å². The van der Waals surface area contributed by atoms with Crippen LogP contribution >= 0.6 is 0 Å². The number of aromatic amines is 1. The Hall–Kier alpha value is -4.18. The Morgan fingerprint density at radius 1 is 0.818 bits per heavy atom. The highest BCUT2D eigenvalue weighted by atomic mass is 16.1. The highest BCUT2D eigenvalue weighted by Gasteiger charge is 2.10. The molecule has 0 bridgehead atoms. The number of rotatable bonds is 7. The standard InChI is InChI=1S/C29H25N3O/c33-29(30-19-7-10-21-8-2-1-3-9-21)24-17-15-23(16-18-24)27-20-28(32-31-27)26-14-6-12-22-11-4-5-13-25(22)26/h1-6,8-9,11-18,20H,7,10,19H2,(H,30,33)(H,31,32). The van der Waals surface area contributed by atoms with Gasteiger partial charge < -0.3 is 5.32 Å². The molecule has 2 N–H and O–H groups in total. The maximum absolute atomic E-state index is 12.5. The summed E-state index contributed by atoms with van der Waals surface area (Å²) in [6.45, 7) is 0.656. The van der Waals surface area contributed by atoms with E-state index in [-0.39, 0.29) is 5.91 Å². The smallest absolute Gasteiger partial charge is 0.251 e. The highest BCUT2D eigenvalue weighted by Crippen LogP contribution is 2.29. The minimum absolute atomic E-state index is 0.0481. The van der Waals surface area contributed by atoms with Crippen molar-refractivity contribution in [2.45, 2.75) is 12.8 Å². The van der Waals surface area contributed by atoms with E-state index in [1.165, 1.54) is 16.3 Å². The van der Waals surface area contributed by atoms with Crippen LogP contribution in [0.2, 0.25) is 0 Å². The summed E-state index contributed by atoms with van der Waals surface area (Å²) < 4.78 is 0. The van der Waals surface area contributed by atoms with E-state index in [1.807, 2.05) is 48.5 Å². The molecule has 0 unspecified atom stereocenters. The van der Waals surface area contributed by atoms with Crippen molar-refractivity contribution in [1.29, 1.82) is 0 Å². The summed E-state index contributed by atoms with van der Waals surface area (Å²) >= 11 is 0. The Kier molecular flexibility index (Phi) is 5.98. The molecular weight excluding hydrogens is 406 g/mol. The van der Waals surface area contributed by atoms with Gasteiger partial charge in [0.25, 0.3) is 5.91 Å². The van der Waals surface area contributed by atoms with Crippen LogP contribution in [0, 0.1) is 0 Å². The zero-order chi connectivity index (χ0) is 22.5. The molecule has 1 aromatic heterocycles. The second kappa shape index (κ2) is 9.53. The average molecular weight is 432 g/mol. The average Bonchev–Trinajstić information content (AvgIpc) is 3.37. The molecule has 0 aliphatic carbocycles. The Morgan fingerprint density at radius 2 is 1.58 bits per heavy atom. The molecule has 0 spiro atoms. The predicted octanol–water partition coefficient (Wildman–Crippen LogP) is 6.26. The van der Waals surface area contributed by atoms with Gasteiger partial charge >= 0.3 is 0 Å². The molecule has 5 aromatic rings. The van der Waals surface area contributed by atoms with Gasteiger partial charge in [-0.1, -0.05) is 84.9 Å². The number of amides is 1. The van der Waals surface area contributed by atoms with Crippen LogP contribution < -0.4 is 5.32 Å². The van der Waals surface area contributed by atoms with Gasteiger partial charge in [-0.25, -0.2) is 0 Å². The van der Waals surface area contributed by atoms with Crippen molar-refractivity contribution in [3.8, 4) is 22.5 Å². The maximum Gasteiger partial charge on any atom is 0.251 e. The van der Waals surface area contributed by atoms with Crippen LogP contribution in [0.15, 0.2) is 103 Å². The minimum Gasteiger partial charge on any atom is -0.352 e. The topological polar surface area (TPSA) is 57.8 Å². The lowest BCUT2D eigenvalue weighted by Gasteiger charge is -2.06. The monoisotopic (exact) mass is 431 g/mol. The van der Waals surface area contributed by atoms with E-state index < -0.39 is 0 Å². The zero-order valence-corrected chi connectivity index (χ0v) is 18.3. The first-order valence-electron chi connectivity index (χ1n) is 11.2. The first kappa shape index (κ1) is 20.7. The second-order valence-corrected chi connectivity index (χ2v) is 8.12. The molecule has 0 radical (unpaired) electrons. The van der Waals surface area contributed by atoms with E-state index in [2.05, 4.69) is 70.1 Å². The van der Waals surface area contributed by atoms with E-state index in [9.17, 15) is 4.79 Å². The Bertz CT molecular complexity index is 1370. The molecular formula is C29H25N3O. The van der Waals surface area contributed by atoms with Gasteiger partial charge in [0.2, 0.25) is 0 Å². The summed E-state index contributed by atoms with van der Waals surface area (Å²) in [5.41, 5.74) is 5.87. The van der Waals surface area contributed by atoms with E-state index in [0.717, 1.165) is 35.4 Å². The third-order valence-corrected chi connectivity index (χ3v) is 5.87. The molecule has 162 valence electrons. The van der Waals surface area contributed by atoms with Gasteiger partial charge in [0.05, 0.1) is 11.4 Å². The molecule has 0 aliphatic heterocycles. The molecule has 1 amide bonds. The summed E-state index contributed by atoms with van der Waals surface area (Å²) in [7, 11) is 0. The lowest BCUT2D eigenvalue weighted by molar-refractivity contribution is 0.0953. The van der Waals surface area contributed by atoms with E-state index in [1.54, 1.807) is 0 Å². The van der Waals surface area contributed by atoms with Crippen molar-refractivity contribution in [3.63, 3.8) is 0 Å². The van der Waals surface area contributed by atoms with Crippen molar-refractivity contribution >= 4 is 16.7 Å². The third kappa shape index (κ3) is 4.70. The van der Waals surface area contributed by atoms with Crippen molar-refractivity contribution in [1.82, 2.24) is 15.5 Å². The quantitative estimate of drug-likeness (QED) is 0.299. The van der Waals surface area contributed by atoms with Crippen LogP contribution in [0.3, 0.4) is 0 Å². The molecule has 0 fully saturated rings. The van der Waals surface area contributed by atoms with Crippen LogP contribution in [-0.2, 0) is 6.42 Å². The third-order valence-electron chi connectivity index (χ3n) is 5.87. The Labute approximate surface area is 193 Å². The number of benzene rings is 4. The fraction of sp³-hybridized carbons (Fsp3) is 0.103. The number of carbonyl (C=O) groups excluding carboxylic acids is 1. The van der Waals surface area contributed by atoms with Gasteiger partial charge in [-0.15, -0.1) is 0 Å². The van der Waals surface area contributed by atoms with Crippen LogP contribution in [0.25, 0.3) is 33.3 Å². The summed E-state index contributed by atoms with van der Waals surface area (Å²) in [6, 6.07) is 34.6. The normalized spacial score (nSPS) is 10.9. The molecule has 5 rings (SSSR count). The van der Waals surface area contributed by atoms with E-state index >= 15 is 0 Å². The molecule has 0 atom stereocenters. The number of hydrogen-bond acceptors (Lipinski definition) is 2. The number of aromatic nitrogens is 2. The number of aryl methyl sites for hydroxylation is 1. The number of H-pyrrole nitrogens is 1. The molecule has 4 aromatic carbocycles. The van der Waals surface area contributed by atoms with Gasteiger partial charge in [0.15, 0.2) is 0 Å². The highest BCUT2D eigenvalue weighted by molar-refractivity contribution is 5.96. The summed E-state index contributed by atoms with van der Waals surface area (Å²) in [5.74, 6) is -0.0481. The molecule has 0 saturated carbocycles. The van der Waals surface area contributed by atoms with Crippen LogP contribution in [0.1, 0.15) is 22.3 Å². The van der Waals surface area contributed by atoms with Crippen LogP contribution in [0.4, 0.5) is 0 Å². The van der Waals surface area contributed by atoms with Gasteiger partial charge in [-0.3, -0.25) is 9.89 Å². The zero-order valence-electron chi connectivity index (χ0n) is 18.3. The molecule has 4 nitrogen and oxygen atoms in total. The second-order valence-electron chi connectivity index (χ2n) is 8.12. The largest absolute Gasteiger partial charge is 0.352 e. The first-order chi connectivity index (χ1) is 16.3. The van der Waals surface area contributed by atoms with Crippen molar-refractivity contribution in [3.05, 3.63) is 114 Å². The van der Waals surface area contributed by atoms with Crippen LogP contribution in [0.5, 0.6) is 0 Å². The number of nitrogens with zero attached hydrogens (tertiary/aromatic N) is 1. The fourth-order valence-electron chi connectivity index (χ4n) is 4.10. The maximum atomic E-state index is 12.5. The molecule has 4 heteroatoms. The van der Waals surface area contributed by atoms with Crippen LogP contribution in [-0.4, -0.2) is 22.6 Å². The molecule has 1 heterocycles. The molecule has 0 saturated heterocycles. The lowest BCUT2D eigenvalue weighted by Crippen LogP contribution is -2.24. The molecule has 33 heavy (non-hydrogen) atoms. The first-order valence-corrected chi connectivity index (χ1v) is 11.2. The van der Waals surface area contributed by atoms with Gasteiger partial charge in [0, 0.05) is 23.2 Å². The number of nitrogens with one attached hydrogen (secondary N) is 2. The lowest BCUT2D eigenvalue weighted by atomic mass is 10.0. The Morgan fingerprint density at radius 3 is 2.42 bits per heavy atom. The summed E-state index contributed by atoms with van der Waals surface area (Å²) in [4.78, 5) is 12.5. The number of hydrogen-bond donors (Lipinski definition) is 2. The number of fused-ring (bicyclic) bond motifs is 1. The van der Waals surface area contributed by atoms with E-state index in [0.29, 0.717) is 12.1 Å². The Balaban J connectivity index is 1.23. The predicted molar refractivity (Wildman–Crippen MR) is 134 cm³/mol. The van der Waals surface area contributed by atoms with Gasteiger partial charge in [-0.05, 0) is 47.4 Å². The van der Waals surface area contributed by atoms with E-state index in [4.69, 9.17) is 0 Å². The minimum atomic E-state index is -0.0481. The van der Waals surface area contributed by atoms with Crippen molar-refractivity contribution < 1.29 is 4.79 Å². The van der Waals surface area contributed by atoms with Crippen molar-refractivity contribution in [2.24, 2.45) is 0 Å². The SMILES string of the molecule is O=C(NCCCc1ccccc1)c1ccc(-c2cc(-c3cccc4ccccc34)[nH]n2)cc1.